The van der Waals surface area contributed by atoms with E-state index in [9.17, 15) is 73.2 Å². The number of nitrogens with two attached hydrogens (primary N) is 5. The number of nitrogens with zero attached hydrogens (tertiary/aromatic N) is 3. The maximum Gasteiger partial charge on any atom is 0.328 e. The number of primary amides is 2. The van der Waals surface area contributed by atoms with Crippen molar-refractivity contribution in [2.45, 2.75) is 164 Å². The van der Waals surface area contributed by atoms with Gasteiger partial charge in [0, 0.05) is 56.0 Å². The Morgan fingerprint density at radius 1 is 0.656 bits per heavy atom. The molecule has 0 aliphatic carbocycles. The number of aromatic nitrogens is 1. The van der Waals surface area contributed by atoms with E-state index >= 15 is 4.79 Å². The second kappa shape index (κ2) is 33.8. The molecule has 3 heterocycles. The number of aliphatic hydroxyl groups excluding tert-OH is 2. The third-order valence-corrected chi connectivity index (χ3v) is 15.2. The normalized spacial score (nSPS) is 17.6. The van der Waals surface area contributed by atoms with Gasteiger partial charge in [0.25, 0.3) is 0 Å². The number of guanidine groups is 1. The summed E-state index contributed by atoms with van der Waals surface area (Å²) in [6.45, 7) is 3.60. The molecule has 2 aliphatic heterocycles. The second-order valence-electron chi connectivity index (χ2n) is 22.8. The Morgan fingerprint density at radius 3 is 1.86 bits per heavy atom. The van der Waals surface area contributed by atoms with E-state index in [1.165, 1.54) is 34.1 Å². The first-order valence-electron chi connectivity index (χ1n) is 29.5. The third-order valence-electron chi connectivity index (χ3n) is 15.2. The van der Waals surface area contributed by atoms with E-state index in [1.54, 1.807) is 44.3 Å². The summed E-state index contributed by atoms with van der Waals surface area (Å²) in [6.07, 6.45) is -0.735. The number of carbonyl (C=O) groups excluding carboxylic acids is 11. The van der Waals surface area contributed by atoms with Crippen LogP contribution >= 0.6 is 0 Å². The Morgan fingerprint density at radius 2 is 1.23 bits per heavy atom. The number of rotatable bonds is 34. The number of phenols is 1. The number of aromatic hydroxyl groups is 1. The maximum atomic E-state index is 15.1. The topological polar surface area (TPSA) is 535 Å². The van der Waals surface area contributed by atoms with E-state index in [-0.39, 0.29) is 95.0 Å². The monoisotopic (exact) mass is 1260 g/mol. The number of carbonyl (C=O) groups is 12. The Kier molecular flexibility index (Phi) is 26.8. The molecule has 32 heteroatoms. The summed E-state index contributed by atoms with van der Waals surface area (Å²) in [5.41, 5.74) is 29.4. The van der Waals surface area contributed by atoms with Crippen molar-refractivity contribution in [3.63, 3.8) is 0 Å². The summed E-state index contributed by atoms with van der Waals surface area (Å²) < 4.78 is 0. The summed E-state index contributed by atoms with van der Waals surface area (Å²) >= 11 is 0. The van der Waals surface area contributed by atoms with Crippen molar-refractivity contribution in [3.8, 4) is 5.75 Å². The van der Waals surface area contributed by atoms with E-state index in [4.69, 9.17) is 28.7 Å². The fourth-order valence-electron chi connectivity index (χ4n) is 10.6. The van der Waals surface area contributed by atoms with E-state index in [0.29, 0.717) is 34.9 Å². The number of aliphatic carboxylic acids is 1. The molecule has 90 heavy (non-hydrogen) atoms. The lowest BCUT2D eigenvalue weighted by Crippen LogP contribution is -2.61. The van der Waals surface area contributed by atoms with Crippen LogP contribution in [-0.4, -0.2) is 205 Å². The van der Waals surface area contributed by atoms with E-state index in [2.05, 4.69) is 47.2 Å². The van der Waals surface area contributed by atoms with Gasteiger partial charge in [-0.2, -0.15) is 0 Å². The molecule has 0 unspecified atom stereocenters. The highest BCUT2D eigenvalue weighted by atomic mass is 16.4. The van der Waals surface area contributed by atoms with Gasteiger partial charge >= 0.3 is 5.97 Å². The lowest BCUT2D eigenvalue weighted by molar-refractivity contribution is -0.148. The van der Waals surface area contributed by atoms with E-state index in [0.717, 1.165) is 6.92 Å². The highest BCUT2D eigenvalue weighted by Crippen LogP contribution is 2.28. The number of phenolic OH excluding ortho intramolecular Hbond substituents is 1. The van der Waals surface area contributed by atoms with Gasteiger partial charge in [-0.25, -0.2) is 4.79 Å². The lowest BCUT2D eigenvalue weighted by Gasteiger charge is -2.33. The van der Waals surface area contributed by atoms with Crippen LogP contribution in [0.4, 0.5) is 0 Å². The first-order valence-corrected chi connectivity index (χ1v) is 29.5. The van der Waals surface area contributed by atoms with Crippen molar-refractivity contribution in [1.82, 2.24) is 52.0 Å². The Hall–Kier alpha value is -9.43. The van der Waals surface area contributed by atoms with Crippen molar-refractivity contribution in [3.05, 3.63) is 65.9 Å². The molecule has 492 valence electrons. The van der Waals surface area contributed by atoms with Crippen molar-refractivity contribution in [1.29, 1.82) is 0 Å². The molecule has 0 bridgehead atoms. The quantitative estimate of drug-likeness (QED) is 0.0151. The number of aliphatic hydroxyl groups is 2. The van der Waals surface area contributed by atoms with Crippen molar-refractivity contribution in [2.75, 3.05) is 26.2 Å². The minimum Gasteiger partial charge on any atom is -0.508 e. The zero-order valence-corrected chi connectivity index (χ0v) is 50.4. The molecule has 2 saturated heterocycles. The molecule has 2 aromatic carbocycles. The number of hydrogen-bond donors (Lipinski definition) is 17. The summed E-state index contributed by atoms with van der Waals surface area (Å²) in [6, 6.07) is -2.10. The minimum atomic E-state index is -1.87. The summed E-state index contributed by atoms with van der Waals surface area (Å²) in [4.78, 5) is 173. The van der Waals surface area contributed by atoms with Crippen LogP contribution in [0.25, 0.3) is 10.9 Å². The van der Waals surface area contributed by atoms with Gasteiger partial charge in [-0.1, -0.05) is 44.2 Å². The average molecular weight is 1260 g/mol. The molecular weight excluding hydrogens is 1180 g/mol. The lowest BCUT2D eigenvalue weighted by atomic mass is 10.0. The van der Waals surface area contributed by atoms with Crippen LogP contribution in [0.5, 0.6) is 5.75 Å². The number of carboxylic acids is 1. The minimum absolute atomic E-state index is 0.00223. The molecular formula is C58H84N16O16. The van der Waals surface area contributed by atoms with Gasteiger partial charge in [-0.05, 0) is 93.5 Å². The van der Waals surface area contributed by atoms with Gasteiger partial charge in [-0.15, -0.1) is 0 Å². The molecule has 0 radical (unpaired) electrons. The Labute approximate surface area is 518 Å². The van der Waals surface area contributed by atoms with Crippen LogP contribution < -0.4 is 65.9 Å². The van der Waals surface area contributed by atoms with Gasteiger partial charge in [0.15, 0.2) is 12.0 Å². The first-order chi connectivity index (χ1) is 42.6. The fourth-order valence-corrected chi connectivity index (χ4v) is 10.6. The van der Waals surface area contributed by atoms with Gasteiger partial charge in [0.2, 0.25) is 65.0 Å². The zero-order chi connectivity index (χ0) is 66.5. The number of aromatic amines is 1. The highest BCUT2D eigenvalue weighted by Gasteiger charge is 2.45. The number of nitrogens with one attached hydrogen (secondary N) is 8. The number of hydrogen-bond acceptors (Lipinski definition) is 17. The van der Waals surface area contributed by atoms with Crippen LogP contribution in [0.15, 0.2) is 59.7 Å². The van der Waals surface area contributed by atoms with Crippen LogP contribution in [-0.2, 0) is 70.4 Å². The fraction of sp³-hybridized carbons (Fsp3) is 0.534. The van der Waals surface area contributed by atoms with Crippen LogP contribution in [0.2, 0.25) is 0 Å². The number of H-pyrrole nitrogens is 1. The number of para-hydroxylation sites is 1. The predicted octanol–water partition coefficient (Wildman–Crippen LogP) is -4.94. The van der Waals surface area contributed by atoms with Gasteiger partial charge < -0.3 is 101 Å². The molecule has 22 N–H and O–H groups in total. The molecule has 32 nitrogen and oxygen atoms in total. The van der Waals surface area contributed by atoms with Crippen molar-refractivity contribution in [2.24, 2.45) is 39.6 Å². The predicted molar refractivity (Wildman–Crippen MR) is 323 cm³/mol. The van der Waals surface area contributed by atoms with Gasteiger partial charge in [-0.3, -0.25) is 57.7 Å². The molecule has 5 rings (SSSR count). The van der Waals surface area contributed by atoms with Crippen molar-refractivity contribution >= 4 is 87.8 Å². The summed E-state index contributed by atoms with van der Waals surface area (Å²) in [7, 11) is 0. The Bertz CT molecular complexity index is 3100. The molecule has 0 spiro atoms. The largest absolute Gasteiger partial charge is 0.508 e. The zero-order valence-electron chi connectivity index (χ0n) is 50.4. The number of benzene rings is 2. The molecule has 1 aromatic heterocycles. The number of amides is 11. The highest BCUT2D eigenvalue weighted by molar-refractivity contribution is 6.00. The SMILES string of the molecule is CC(C)C[C@H](NC(=O)[C@@H](N)CCC(N)=O)C(=O)N[C@@H](CCCN=C(N)N)C(=O)N[C@@H](CO)C(=O)N[C@@H](CC(N)=O)C(=O)N[C@@H](Cc1c[nH]c2ccccc12)C(=O)N1CCC[C@H]1C(=O)N1CCC[C@H]1C(=O)N[C@@H](Cc1ccc(O)cc1)C(=O)N[C@H](C(=O)O)[C@@H](C)O. The number of carboxylic acid groups (broad SMARTS) is 1. The second-order valence-corrected chi connectivity index (χ2v) is 22.8. The molecule has 0 saturated carbocycles. The maximum absolute atomic E-state index is 15.1. The summed E-state index contributed by atoms with van der Waals surface area (Å²) in [5, 5.41) is 58.1. The van der Waals surface area contributed by atoms with Crippen molar-refractivity contribution < 1.29 is 78.0 Å². The van der Waals surface area contributed by atoms with E-state index < -0.39 is 150 Å². The molecule has 11 amide bonds. The Balaban J connectivity index is 1.37. The smallest absolute Gasteiger partial charge is 0.328 e. The standard InChI is InChI=1S/C58H84N16O16/c1-29(2)23-38(67-48(80)35(59)18-19-45(60)78)50(82)66-37(11-6-20-64-58(62)63)49(81)71-42(28-75)53(85)68-40(26-46(61)79)51(83)70-41(25-32-27-65-36-10-5-4-9-34(32)36)55(87)74-22-8-13-44(74)56(88)73-21-7-12-43(73)54(86)69-39(24-31-14-16-33(77)17-15-31)52(84)72-47(30(3)76)57(89)90/h4-5,9-10,14-17,27,29-30,35,37-44,47,65,75-77H,6-8,11-13,18-26,28,59H2,1-3H3,(H2,60,78)(H2,61,79)(H,66,82)(H,67,80)(H,68,85)(H,69,86)(H,70,83)(H,71,81)(H,72,84)(H,89,90)(H4,62,63,64)/t30-,35+,37+,38+,39+,40+,41+,42+,43+,44+,47+/m1/s1. The summed E-state index contributed by atoms with van der Waals surface area (Å²) in [5.74, 6) is -12.1. The van der Waals surface area contributed by atoms with Gasteiger partial charge in [0.05, 0.1) is 25.2 Å². The first kappa shape index (κ1) is 71.3. The molecule has 2 aliphatic rings. The van der Waals surface area contributed by atoms with Crippen LogP contribution in [0.3, 0.4) is 0 Å². The molecule has 3 aromatic rings. The van der Waals surface area contributed by atoms with E-state index in [1.807, 2.05) is 0 Å². The number of aliphatic imine (C=N–C) groups is 1. The number of likely N-dealkylation sites (tertiary alicyclic amines) is 2. The van der Waals surface area contributed by atoms with Gasteiger partial charge in [0.1, 0.15) is 54.1 Å². The average Bonchev–Trinajstić information content (AvgIpc) is 1.75. The molecule has 2 fully saturated rings. The molecule has 11 atom stereocenters. The van der Waals surface area contributed by atoms with Crippen LogP contribution in [0.1, 0.15) is 96.1 Å². The number of fused-ring (bicyclic) bond motifs is 1. The van der Waals surface area contributed by atoms with Crippen LogP contribution in [0, 0.1) is 5.92 Å². The third kappa shape index (κ3) is 20.9.